The molecule has 1 aliphatic rings. The number of hydrogen-bond donors (Lipinski definition) is 1. The number of benzene rings is 1. The molecule has 1 aliphatic heterocycles. The van der Waals surface area contributed by atoms with Crippen molar-refractivity contribution in [1.82, 2.24) is 9.97 Å². The summed E-state index contributed by atoms with van der Waals surface area (Å²) in [6, 6.07) is 7.96. The average molecular weight is 301 g/mol. The van der Waals surface area contributed by atoms with Gasteiger partial charge in [0.15, 0.2) is 5.82 Å². The molecule has 0 aliphatic carbocycles. The van der Waals surface area contributed by atoms with Crippen molar-refractivity contribution in [2.45, 2.75) is 12.8 Å². The van der Waals surface area contributed by atoms with Gasteiger partial charge in [-0.1, -0.05) is 12.1 Å². The summed E-state index contributed by atoms with van der Waals surface area (Å²) in [7, 11) is 0. The molecule has 3 rings (SSSR count). The van der Waals surface area contributed by atoms with Gasteiger partial charge in [0, 0.05) is 24.8 Å². The molecule has 2 aromatic rings. The number of aliphatic carboxylic acids is 1. The van der Waals surface area contributed by atoms with Crippen LogP contribution in [-0.4, -0.2) is 34.1 Å². The summed E-state index contributed by atoms with van der Waals surface area (Å²) in [5.74, 6) is -0.118. The number of halogens is 1. The molecule has 1 saturated heterocycles. The number of rotatable bonds is 3. The topological polar surface area (TPSA) is 66.3 Å². The predicted octanol–water partition coefficient (Wildman–Crippen LogP) is 2.58. The van der Waals surface area contributed by atoms with Gasteiger partial charge in [0.25, 0.3) is 0 Å². The van der Waals surface area contributed by atoms with Crippen LogP contribution in [0.4, 0.5) is 10.2 Å². The Morgan fingerprint density at radius 3 is 2.73 bits per heavy atom. The van der Waals surface area contributed by atoms with E-state index >= 15 is 0 Å². The summed E-state index contributed by atoms with van der Waals surface area (Å²) < 4.78 is 13.3. The van der Waals surface area contributed by atoms with Crippen molar-refractivity contribution < 1.29 is 14.3 Å². The lowest BCUT2D eigenvalue weighted by atomic mass is 9.97. The van der Waals surface area contributed by atoms with E-state index < -0.39 is 5.97 Å². The fourth-order valence-electron chi connectivity index (χ4n) is 2.65. The van der Waals surface area contributed by atoms with Crippen molar-refractivity contribution in [2.24, 2.45) is 5.92 Å². The van der Waals surface area contributed by atoms with Gasteiger partial charge in [0.05, 0.1) is 5.92 Å². The van der Waals surface area contributed by atoms with Crippen LogP contribution in [0.25, 0.3) is 11.4 Å². The number of piperidine rings is 1. The van der Waals surface area contributed by atoms with E-state index in [1.807, 2.05) is 4.90 Å². The van der Waals surface area contributed by atoms with Crippen molar-refractivity contribution in [2.75, 3.05) is 18.0 Å². The van der Waals surface area contributed by atoms with Crippen LogP contribution in [0.5, 0.6) is 0 Å². The number of aromatic nitrogens is 2. The van der Waals surface area contributed by atoms with Crippen molar-refractivity contribution >= 4 is 11.8 Å². The highest BCUT2D eigenvalue weighted by atomic mass is 19.1. The van der Waals surface area contributed by atoms with Crippen LogP contribution in [0.3, 0.4) is 0 Å². The van der Waals surface area contributed by atoms with E-state index in [1.165, 1.54) is 12.1 Å². The second-order valence-corrected chi connectivity index (χ2v) is 5.35. The molecule has 0 unspecified atom stereocenters. The van der Waals surface area contributed by atoms with Gasteiger partial charge >= 0.3 is 5.97 Å². The molecular weight excluding hydrogens is 285 g/mol. The third kappa shape index (κ3) is 3.05. The Kier molecular flexibility index (Phi) is 4.00. The maximum Gasteiger partial charge on any atom is 0.306 e. The highest BCUT2D eigenvalue weighted by molar-refractivity contribution is 5.70. The molecule has 0 spiro atoms. The minimum atomic E-state index is -0.734. The van der Waals surface area contributed by atoms with Crippen LogP contribution < -0.4 is 4.90 Å². The van der Waals surface area contributed by atoms with E-state index in [4.69, 9.17) is 5.11 Å². The Bertz CT molecular complexity index is 685. The van der Waals surface area contributed by atoms with Gasteiger partial charge in [0.1, 0.15) is 11.6 Å². The van der Waals surface area contributed by atoms with Gasteiger partial charge in [-0.2, -0.15) is 0 Å². The molecule has 5 nitrogen and oxygen atoms in total. The summed E-state index contributed by atoms with van der Waals surface area (Å²) in [4.78, 5) is 21.7. The zero-order chi connectivity index (χ0) is 15.5. The minimum Gasteiger partial charge on any atom is -0.481 e. The van der Waals surface area contributed by atoms with Crippen molar-refractivity contribution in [3.63, 3.8) is 0 Å². The van der Waals surface area contributed by atoms with Crippen LogP contribution in [0.2, 0.25) is 0 Å². The summed E-state index contributed by atoms with van der Waals surface area (Å²) in [6.45, 7) is 1.30. The van der Waals surface area contributed by atoms with E-state index in [1.54, 1.807) is 24.4 Å². The molecule has 22 heavy (non-hydrogen) atoms. The molecule has 1 N–H and O–H groups in total. The van der Waals surface area contributed by atoms with Crippen molar-refractivity contribution in [3.8, 4) is 11.4 Å². The first-order chi connectivity index (χ1) is 10.6. The van der Waals surface area contributed by atoms with Crippen molar-refractivity contribution in [3.05, 3.63) is 42.3 Å². The Hall–Kier alpha value is -2.50. The molecule has 0 saturated carbocycles. The Morgan fingerprint density at radius 2 is 2.05 bits per heavy atom. The van der Waals surface area contributed by atoms with Gasteiger partial charge in [-0.15, -0.1) is 0 Å². The molecule has 0 radical (unpaired) electrons. The molecule has 1 aromatic carbocycles. The van der Waals surface area contributed by atoms with Crippen LogP contribution in [-0.2, 0) is 4.79 Å². The molecule has 1 fully saturated rings. The number of carbonyl (C=O) groups is 1. The maximum absolute atomic E-state index is 13.3. The molecule has 1 aromatic heterocycles. The fraction of sp³-hybridized carbons (Fsp3) is 0.312. The molecule has 114 valence electrons. The SMILES string of the molecule is O=C(O)C1CCN(c2ccnc(-c3cccc(F)c3)n2)CC1. The second kappa shape index (κ2) is 6.09. The summed E-state index contributed by atoms with van der Waals surface area (Å²) in [5, 5.41) is 9.03. The first-order valence-corrected chi connectivity index (χ1v) is 7.20. The standard InChI is InChI=1S/C16H16FN3O2/c17-13-3-1-2-12(10-13)15-18-7-4-14(19-15)20-8-5-11(6-9-20)16(21)22/h1-4,7,10-11H,5-6,8-9H2,(H,21,22). The normalized spacial score (nSPS) is 15.8. The van der Waals surface area contributed by atoms with E-state index in [0.29, 0.717) is 37.3 Å². The fourth-order valence-corrected chi connectivity index (χ4v) is 2.65. The van der Waals surface area contributed by atoms with Gasteiger partial charge in [-0.05, 0) is 31.0 Å². The number of hydrogen-bond acceptors (Lipinski definition) is 4. The average Bonchev–Trinajstić information content (AvgIpc) is 2.55. The predicted molar refractivity (Wildman–Crippen MR) is 80.0 cm³/mol. The van der Waals surface area contributed by atoms with Crippen LogP contribution in [0, 0.1) is 11.7 Å². The number of anilines is 1. The lowest BCUT2D eigenvalue weighted by Crippen LogP contribution is -2.36. The lowest BCUT2D eigenvalue weighted by molar-refractivity contribution is -0.142. The number of carboxylic acid groups (broad SMARTS) is 1. The first kappa shape index (κ1) is 14.4. The largest absolute Gasteiger partial charge is 0.481 e. The minimum absolute atomic E-state index is 0.277. The number of carboxylic acids is 1. The Labute approximate surface area is 127 Å². The van der Waals surface area contributed by atoms with Gasteiger partial charge in [0.2, 0.25) is 0 Å². The molecule has 6 heteroatoms. The molecule has 2 heterocycles. The summed E-state index contributed by atoms with van der Waals surface area (Å²) in [6.07, 6.45) is 2.86. The van der Waals surface area contributed by atoms with E-state index in [-0.39, 0.29) is 11.7 Å². The third-order valence-corrected chi connectivity index (χ3v) is 3.89. The second-order valence-electron chi connectivity index (χ2n) is 5.35. The third-order valence-electron chi connectivity index (χ3n) is 3.89. The zero-order valence-corrected chi connectivity index (χ0v) is 11.9. The van der Waals surface area contributed by atoms with Crippen LogP contribution in [0.1, 0.15) is 12.8 Å². The quantitative estimate of drug-likeness (QED) is 0.944. The van der Waals surface area contributed by atoms with Crippen molar-refractivity contribution in [1.29, 1.82) is 0 Å². The van der Waals surface area contributed by atoms with Crippen LogP contribution >= 0.6 is 0 Å². The first-order valence-electron chi connectivity index (χ1n) is 7.20. The maximum atomic E-state index is 13.3. The Balaban J connectivity index is 1.79. The van der Waals surface area contributed by atoms with E-state index in [2.05, 4.69) is 9.97 Å². The van der Waals surface area contributed by atoms with Gasteiger partial charge in [-0.25, -0.2) is 14.4 Å². The number of nitrogens with zero attached hydrogens (tertiary/aromatic N) is 3. The molecule has 0 atom stereocenters. The summed E-state index contributed by atoms with van der Waals surface area (Å²) >= 11 is 0. The smallest absolute Gasteiger partial charge is 0.306 e. The van der Waals surface area contributed by atoms with E-state index in [0.717, 1.165) is 5.82 Å². The molecular formula is C16H16FN3O2. The lowest BCUT2D eigenvalue weighted by Gasteiger charge is -2.31. The van der Waals surface area contributed by atoms with Gasteiger partial charge in [-0.3, -0.25) is 4.79 Å². The zero-order valence-electron chi connectivity index (χ0n) is 11.9. The highest BCUT2D eigenvalue weighted by Gasteiger charge is 2.25. The van der Waals surface area contributed by atoms with E-state index in [9.17, 15) is 9.18 Å². The summed E-state index contributed by atoms with van der Waals surface area (Å²) in [5.41, 5.74) is 0.627. The Morgan fingerprint density at radius 1 is 1.27 bits per heavy atom. The molecule has 0 bridgehead atoms. The van der Waals surface area contributed by atoms with Crippen LogP contribution in [0.15, 0.2) is 36.5 Å². The monoisotopic (exact) mass is 301 g/mol. The van der Waals surface area contributed by atoms with Gasteiger partial charge < -0.3 is 10.0 Å². The highest BCUT2D eigenvalue weighted by Crippen LogP contribution is 2.24. The molecule has 0 amide bonds.